The quantitative estimate of drug-likeness (QED) is 0.725. The number of carboxylic acids is 1. The minimum absolute atomic E-state index is 0.00219. The molecule has 25 heavy (non-hydrogen) atoms. The van der Waals surface area contributed by atoms with Gasteiger partial charge in [-0.05, 0) is 18.2 Å². The van der Waals surface area contributed by atoms with Gasteiger partial charge in [-0.25, -0.2) is 14.8 Å². The van der Waals surface area contributed by atoms with Gasteiger partial charge in [0, 0.05) is 23.6 Å². The largest absolute Gasteiger partial charge is 0.496 e. The first-order chi connectivity index (χ1) is 12.1. The number of thiazole rings is 1. The van der Waals surface area contributed by atoms with Crippen molar-refractivity contribution in [1.82, 2.24) is 9.97 Å². The number of rotatable bonds is 6. The van der Waals surface area contributed by atoms with E-state index < -0.39 is 5.97 Å². The van der Waals surface area contributed by atoms with Gasteiger partial charge in [0.15, 0.2) is 0 Å². The summed E-state index contributed by atoms with van der Waals surface area (Å²) in [6.45, 7) is 0.471. The number of carbonyl (C=O) groups is 1. The molecule has 0 saturated carbocycles. The fourth-order valence-electron chi connectivity index (χ4n) is 2.37. The van der Waals surface area contributed by atoms with Gasteiger partial charge < -0.3 is 14.6 Å². The second-order valence-corrected chi connectivity index (χ2v) is 6.07. The lowest BCUT2D eigenvalue weighted by Crippen LogP contribution is -2.00. The molecule has 0 amide bonds. The molecule has 0 bridgehead atoms. The van der Waals surface area contributed by atoms with Gasteiger partial charge in [-0.1, -0.05) is 18.2 Å². The van der Waals surface area contributed by atoms with Crippen LogP contribution in [0.4, 0.5) is 0 Å². The Kier molecular flexibility index (Phi) is 5.06. The fourth-order valence-corrected chi connectivity index (χ4v) is 3.18. The Balaban J connectivity index is 1.94. The van der Waals surface area contributed by atoms with Crippen LogP contribution in [0, 0.1) is 0 Å². The highest BCUT2D eigenvalue weighted by molar-refractivity contribution is 7.13. The summed E-state index contributed by atoms with van der Waals surface area (Å²) in [4.78, 5) is 19.8. The second-order valence-electron chi connectivity index (χ2n) is 5.21. The predicted octanol–water partition coefficient (Wildman–Crippen LogP) is 3.73. The molecule has 0 saturated heterocycles. The number of carboxylic acid groups (broad SMARTS) is 1. The molecule has 0 unspecified atom stereocenters. The minimum atomic E-state index is -1.06. The molecule has 7 heteroatoms. The van der Waals surface area contributed by atoms with Crippen molar-refractivity contribution in [1.29, 1.82) is 0 Å². The molecule has 0 atom stereocenters. The molecule has 0 spiro atoms. The van der Waals surface area contributed by atoms with E-state index >= 15 is 0 Å². The van der Waals surface area contributed by atoms with E-state index in [0.717, 1.165) is 21.9 Å². The molecular weight excluding hydrogens is 340 g/mol. The molecule has 0 radical (unpaired) electrons. The zero-order valence-corrected chi connectivity index (χ0v) is 14.5. The number of nitrogens with zero attached hydrogens (tertiary/aromatic N) is 2. The summed E-state index contributed by atoms with van der Waals surface area (Å²) in [5.74, 6) is -0.321. The first kappa shape index (κ1) is 17.1. The molecule has 3 rings (SSSR count). The van der Waals surface area contributed by atoms with Crippen LogP contribution in [0.15, 0.2) is 41.8 Å². The molecular formula is C18H16N2O4S. The lowest BCUT2D eigenvalue weighted by atomic mass is 10.1. The van der Waals surface area contributed by atoms with Gasteiger partial charge in [0.2, 0.25) is 0 Å². The Labute approximate surface area is 148 Å². The molecule has 2 heterocycles. The van der Waals surface area contributed by atoms with Gasteiger partial charge in [0.1, 0.15) is 22.1 Å². The smallest absolute Gasteiger partial charge is 0.354 e. The van der Waals surface area contributed by atoms with Crippen LogP contribution in [0.5, 0.6) is 5.75 Å². The van der Waals surface area contributed by atoms with Crippen molar-refractivity contribution >= 4 is 17.3 Å². The Bertz CT molecular complexity index is 908. The number of hydrogen-bond acceptors (Lipinski definition) is 6. The Hall–Kier alpha value is -2.77. The van der Waals surface area contributed by atoms with Crippen LogP contribution in [0.1, 0.15) is 16.1 Å². The number of methoxy groups -OCH3 is 2. The summed E-state index contributed by atoms with van der Waals surface area (Å²) in [5, 5.41) is 11.7. The van der Waals surface area contributed by atoms with E-state index in [1.807, 2.05) is 23.6 Å². The Morgan fingerprint density at radius 3 is 2.72 bits per heavy atom. The second kappa shape index (κ2) is 7.42. The van der Waals surface area contributed by atoms with Gasteiger partial charge in [-0.2, -0.15) is 0 Å². The van der Waals surface area contributed by atoms with Crippen LogP contribution in [0.3, 0.4) is 0 Å². The predicted molar refractivity (Wildman–Crippen MR) is 95.0 cm³/mol. The van der Waals surface area contributed by atoms with Crippen molar-refractivity contribution in [3.05, 3.63) is 53.0 Å². The van der Waals surface area contributed by atoms with Crippen molar-refractivity contribution in [3.63, 3.8) is 0 Å². The Morgan fingerprint density at radius 1 is 1.16 bits per heavy atom. The Morgan fingerprint density at radius 2 is 2.00 bits per heavy atom. The van der Waals surface area contributed by atoms with Crippen molar-refractivity contribution in [2.24, 2.45) is 0 Å². The summed E-state index contributed by atoms with van der Waals surface area (Å²) < 4.78 is 10.6. The van der Waals surface area contributed by atoms with E-state index in [1.165, 1.54) is 17.4 Å². The van der Waals surface area contributed by atoms with Crippen LogP contribution in [-0.2, 0) is 11.3 Å². The molecule has 0 aliphatic heterocycles. The molecule has 0 aliphatic rings. The van der Waals surface area contributed by atoms with E-state index in [4.69, 9.17) is 14.6 Å². The maximum Gasteiger partial charge on any atom is 0.354 e. The van der Waals surface area contributed by atoms with Crippen molar-refractivity contribution in [2.75, 3.05) is 14.2 Å². The standard InChI is InChI=1S/C18H16N2O4S/c1-23-9-12-7-6-11(8-16(12)24-2)17-20-15(10-25-17)13-4-3-5-14(19-13)18(21)22/h3-8,10H,9H2,1-2H3,(H,21,22). The number of hydrogen-bond donors (Lipinski definition) is 1. The van der Waals surface area contributed by atoms with Crippen molar-refractivity contribution in [2.45, 2.75) is 6.61 Å². The molecule has 0 fully saturated rings. The lowest BCUT2D eigenvalue weighted by molar-refractivity contribution is 0.0690. The van der Waals surface area contributed by atoms with Crippen molar-refractivity contribution in [3.8, 4) is 27.7 Å². The lowest BCUT2D eigenvalue weighted by Gasteiger charge is -2.09. The van der Waals surface area contributed by atoms with Crippen LogP contribution < -0.4 is 4.74 Å². The topological polar surface area (TPSA) is 81.5 Å². The van der Waals surface area contributed by atoms with Gasteiger partial charge >= 0.3 is 5.97 Å². The fraction of sp³-hybridized carbons (Fsp3) is 0.167. The summed E-state index contributed by atoms with van der Waals surface area (Å²) in [6.07, 6.45) is 0. The number of pyridine rings is 1. The van der Waals surface area contributed by atoms with Gasteiger partial charge in [-0.15, -0.1) is 11.3 Å². The van der Waals surface area contributed by atoms with Crippen LogP contribution in [0.25, 0.3) is 22.0 Å². The minimum Gasteiger partial charge on any atom is -0.496 e. The average molecular weight is 356 g/mol. The zero-order chi connectivity index (χ0) is 17.8. The van der Waals surface area contributed by atoms with Crippen molar-refractivity contribution < 1.29 is 19.4 Å². The van der Waals surface area contributed by atoms with Gasteiger partial charge in [0.05, 0.1) is 19.4 Å². The number of benzene rings is 1. The van der Waals surface area contributed by atoms with E-state index in [2.05, 4.69) is 9.97 Å². The molecule has 0 aliphatic carbocycles. The molecule has 1 aromatic carbocycles. The molecule has 2 aromatic heterocycles. The number of aromatic nitrogens is 2. The van der Waals surface area contributed by atoms with E-state index in [1.54, 1.807) is 26.4 Å². The molecule has 3 aromatic rings. The zero-order valence-electron chi connectivity index (χ0n) is 13.7. The number of aromatic carboxylic acids is 1. The van der Waals surface area contributed by atoms with Gasteiger partial charge in [0.25, 0.3) is 0 Å². The number of ether oxygens (including phenoxy) is 2. The highest BCUT2D eigenvalue weighted by Gasteiger charge is 2.12. The third-order valence-corrected chi connectivity index (χ3v) is 4.46. The summed E-state index contributed by atoms with van der Waals surface area (Å²) in [5.41, 5.74) is 3.05. The van der Waals surface area contributed by atoms with E-state index in [0.29, 0.717) is 18.0 Å². The normalized spacial score (nSPS) is 10.6. The first-order valence-corrected chi connectivity index (χ1v) is 8.33. The monoisotopic (exact) mass is 356 g/mol. The van der Waals surface area contributed by atoms with Crippen LogP contribution in [-0.4, -0.2) is 35.3 Å². The first-order valence-electron chi connectivity index (χ1n) is 7.45. The van der Waals surface area contributed by atoms with E-state index in [9.17, 15) is 4.79 Å². The summed E-state index contributed by atoms with van der Waals surface area (Å²) >= 11 is 1.46. The average Bonchev–Trinajstić information content (AvgIpc) is 3.12. The highest BCUT2D eigenvalue weighted by atomic mass is 32.1. The van der Waals surface area contributed by atoms with Crippen LogP contribution in [0.2, 0.25) is 0 Å². The highest BCUT2D eigenvalue weighted by Crippen LogP contribution is 2.32. The molecule has 128 valence electrons. The SMILES string of the molecule is COCc1ccc(-c2nc(-c3cccc(C(=O)O)n3)cs2)cc1OC. The third kappa shape index (κ3) is 3.67. The summed E-state index contributed by atoms with van der Waals surface area (Å²) in [6, 6.07) is 10.7. The molecule has 6 nitrogen and oxygen atoms in total. The maximum absolute atomic E-state index is 11.1. The third-order valence-electron chi connectivity index (χ3n) is 3.57. The molecule has 1 N–H and O–H groups in total. The summed E-state index contributed by atoms with van der Waals surface area (Å²) in [7, 11) is 3.26. The van der Waals surface area contributed by atoms with Crippen LogP contribution >= 0.6 is 11.3 Å². The van der Waals surface area contributed by atoms with Gasteiger partial charge in [-0.3, -0.25) is 0 Å². The van der Waals surface area contributed by atoms with E-state index in [-0.39, 0.29) is 5.69 Å². The maximum atomic E-state index is 11.1.